The predicted octanol–water partition coefficient (Wildman–Crippen LogP) is 1.91. The van der Waals surface area contributed by atoms with Crippen LogP contribution in [-0.2, 0) is 0 Å². The molecule has 1 saturated heterocycles. The van der Waals surface area contributed by atoms with Crippen molar-refractivity contribution in [3.8, 4) is 0 Å². The van der Waals surface area contributed by atoms with Crippen molar-refractivity contribution in [2.24, 2.45) is 0 Å². The van der Waals surface area contributed by atoms with Gasteiger partial charge in [0.15, 0.2) is 0 Å². The van der Waals surface area contributed by atoms with Crippen LogP contribution in [0, 0.1) is 20.8 Å². The summed E-state index contributed by atoms with van der Waals surface area (Å²) in [4.78, 5) is 4.87. The van der Waals surface area contributed by atoms with Crippen molar-refractivity contribution >= 4 is 5.69 Å². The molecule has 100 valence electrons. The minimum atomic E-state index is 1.02. The zero-order valence-corrected chi connectivity index (χ0v) is 12.1. The van der Waals surface area contributed by atoms with Crippen LogP contribution < -0.4 is 10.2 Å². The summed E-state index contributed by atoms with van der Waals surface area (Å²) in [5.41, 5.74) is 5.49. The van der Waals surface area contributed by atoms with Crippen LogP contribution in [0.3, 0.4) is 0 Å². The summed E-state index contributed by atoms with van der Waals surface area (Å²) in [5.74, 6) is 0. The van der Waals surface area contributed by atoms with Gasteiger partial charge in [-0.25, -0.2) is 0 Å². The SMILES string of the molecule is Cc1cc(C)c(N(C)CN2CCNCC2)cc1C. The molecule has 3 nitrogen and oxygen atoms in total. The van der Waals surface area contributed by atoms with Crippen molar-refractivity contribution in [1.82, 2.24) is 10.2 Å². The van der Waals surface area contributed by atoms with Gasteiger partial charge in [-0.1, -0.05) is 6.07 Å². The lowest BCUT2D eigenvalue weighted by atomic mass is 10.0. The van der Waals surface area contributed by atoms with E-state index in [-0.39, 0.29) is 0 Å². The standard InChI is InChI=1S/C15H25N3/c1-12-9-14(3)15(10-13(12)2)17(4)11-18-7-5-16-6-8-18/h9-10,16H,5-8,11H2,1-4H3. The molecule has 0 bridgehead atoms. The number of hydrogen-bond acceptors (Lipinski definition) is 3. The first-order valence-corrected chi connectivity index (χ1v) is 6.80. The molecule has 0 radical (unpaired) electrons. The van der Waals surface area contributed by atoms with E-state index in [1.807, 2.05) is 0 Å². The molecule has 1 heterocycles. The lowest BCUT2D eigenvalue weighted by Crippen LogP contribution is -2.47. The second-order valence-electron chi connectivity index (χ2n) is 5.43. The van der Waals surface area contributed by atoms with E-state index < -0.39 is 0 Å². The highest BCUT2D eigenvalue weighted by molar-refractivity contribution is 5.56. The molecule has 1 N–H and O–H groups in total. The van der Waals surface area contributed by atoms with Gasteiger partial charge in [-0.3, -0.25) is 4.90 Å². The Bertz CT molecular complexity index is 408. The van der Waals surface area contributed by atoms with Gasteiger partial charge in [0.25, 0.3) is 0 Å². The maximum absolute atomic E-state index is 3.40. The highest BCUT2D eigenvalue weighted by Crippen LogP contribution is 2.23. The van der Waals surface area contributed by atoms with Crippen molar-refractivity contribution in [3.63, 3.8) is 0 Å². The van der Waals surface area contributed by atoms with Gasteiger partial charge in [-0.2, -0.15) is 0 Å². The van der Waals surface area contributed by atoms with Crippen molar-refractivity contribution < 1.29 is 0 Å². The molecule has 3 heteroatoms. The van der Waals surface area contributed by atoms with Crippen LogP contribution in [0.25, 0.3) is 0 Å². The highest BCUT2D eigenvalue weighted by Gasteiger charge is 2.13. The Hall–Kier alpha value is -1.06. The summed E-state index contributed by atoms with van der Waals surface area (Å²) in [5, 5.41) is 3.40. The Labute approximate surface area is 111 Å². The molecule has 2 rings (SSSR count). The van der Waals surface area contributed by atoms with Crippen LogP contribution in [0.15, 0.2) is 12.1 Å². The maximum Gasteiger partial charge on any atom is 0.0704 e. The predicted molar refractivity (Wildman–Crippen MR) is 78.4 cm³/mol. The molecule has 0 amide bonds. The molecule has 0 aromatic heterocycles. The normalized spacial score (nSPS) is 16.9. The minimum absolute atomic E-state index is 1.02. The van der Waals surface area contributed by atoms with Crippen molar-refractivity contribution in [2.75, 3.05) is 44.8 Å². The van der Waals surface area contributed by atoms with E-state index in [9.17, 15) is 0 Å². The Balaban J connectivity index is 2.08. The van der Waals surface area contributed by atoms with Crippen LogP contribution in [0.2, 0.25) is 0 Å². The van der Waals surface area contributed by atoms with Gasteiger partial charge in [-0.15, -0.1) is 0 Å². The van der Waals surface area contributed by atoms with E-state index in [1.165, 1.54) is 22.4 Å². The fourth-order valence-electron chi connectivity index (χ4n) is 2.59. The Morgan fingerprint density at radius 2 is 1.67 bits per heavy atom. The molecule has 1 aromatic rings. The fraction of sp³-hybridized carbons (Fsp3) is 0.600. The summed E-state index contributed by atoms with van der Waals surface area (Å²) < 4.78 is 0. The molecule has 0 unspecified atom stereocenters. The molecule has 1 aliphatic rings. The summed E-state index contributed by atoms with van der Waals surface area (Å²) in [7, 11) is 2.19. The molecular weight excluding hydrogens is 222 g/mol. The number of rotatable bonds is 3. The van der Waals surface area contributed by atoms with E-state index >= 15 is 0 Å². The second kappa shape index (κ2) is 5.72. The van der Waals surface area contributed by atoms with Crippen molar-refractivity contribution in [1.29, 1.82) is 0 Å². The molecule has 0 atom stereocenters. The molecule has 1 aromatic carbocycles. The number of aryl methyl sites for hydroxylation is 3. The number of nitrogens with zero attached hydrogens (tertiary/aromatic N) is 2. The third kappa shape index (κ3) is 3.03. The van der Waals surface area contributed by atoms with Gasteiger partial charge in [0.05, 0.1) is 6.67 Å². The van der Waals surface area contributed by atoms with Gasteiger partial charge in [0.1, 0.15) is 0 Å². The first-order valence-electron chi connectivity index (χ1n) is 6.80. The third-order valence-corrected chi connectivity index (χ3v) is 3.85. The van der Waals surface area contributed by atoms with E-state index in [0.29, 0.717) is 0 Å². The molecular formula is C15H25N3. The van der Waals surface area contributed by atoms with E-state index in [0.717, 1.165) is 32.8 Å². The van der Waals surface area contributed by atoms with Crippen LogP contribution in [0.1, 0.15) is 16.7 Å². The lowest BCUT2D eigenvalue weighted by molar-refractivity contribution is 0.243. The summed E-state index contributed by atoms with van der Waals surface area (Å²) >= 11 is 0. The van der Waals surface area contributed by atoms with Gasteiger partial charge < -0.3 is 10.2 Å². The van der Waals surface area contributed by atoms with Crippen LogP contribution in [0.4, 0.5) is 5.69 Å². The zero-order chi connectivity index (χ0) is 13.1. The number of hydrogen-bond donors (Lipinski definition) is 1. The molecule has 18 heavy (non-hydrogen) atoms. The van der Waals surface area contributed by atoms with Gasteiger partial charge in [0, 0.05) is 38.9 Å². The first kappa shape index (κ1) is 13.4. The average molecular weight is 247 g/mol. The average Bonchev–Trinajstić information content (AvgIpc) is 2.35. The number of anilines is 1. The van der Waals surface area contributed by atoms with Gasteiger partial charge in [0.2, 0.25) is 0 Å². The first-order chi connectivity index (χ1) is 8.58. The Morgan fingerprint density at radius 3 is 2.33 bits per heavy atom. The largest absolute Gasteiger partial charge is 0.361 e. The Morgan fingerprint density at radius 1 is 1.06 bits per heavy atom. The molecule has 0 spiro atoms. The van der Waals surface area contributed by atoms with Crippen LogP contribution in [-0.4, -0.2) is 44.8 Å². The van der Waals surface area contributed by atoms with E-state index in [2.05, 4.69) is 55.1 Å². The number of benzene rings is 1. The maximum atomic E-state index is 3.40. The van der Waals surface area contributed by atoms with E-state index in [1.54, 1.807) is 0 Å². The monoisotopic (exact) mass is 247 g/mol. The van der Waals surface area contributed by atoms with Crippen LogP contribution >= 0.6 is 0 Å². The van der Waals surface area contributed by atoms with Crippen LogP contribution in [0.5, 0.6) is 0 Å². The fourth-order valence-corrected chi connectivity index (χ4v) is 2.59. The minimum Gasteiger partial charge on any atom is -0.361 e. The van der Waals surface area contributed by atoms with Crippen molar-refractivity contribution in [3.05, 3.63) is 28.8 Å². The molecule has 0 aliphatic carbocycles. The van der Waals surface area contributed by atoms with Crippen molar-refractivity contribution in [2.45, 2.75) is 20.8 Å². The van der Waals surface area contributed by atoms with Gasteiger partial charge >= 0.3 is 0 Å². The highest BCUT2D eigenvalue weighted by atomic mass is 15.3. The van der Waals surface area contributed by atoms with Gasteiger partial charge in [-0.05, 0) is 43.5 Å². The van der Waals surface area contributed by atoms with E-state index in [4.69, 9.17) is 0 Å². The zero-order valence-electron chi connectivity index (χ0n) is 12.1. The molecule has 0 saturated carbocycles. The Kier molecular flexibility index (Phi) is 4.25. The lowest BCUT2D eigenvalue weighted by Gasteiger charge is -2.33. The quantitative estimate of drug-likeness (QED) is 0.880. The number of nitrogens with one attached hydrogen (secondary N) is 1. The molecule has 1 fully saturated rings. The summed E-state index contributed by atoms with van der Waals surface area (Å²) in [6.45, 7) is 12.1. The topological polar surface area (TPSA) is 18.5 Å². The second-order valence-corrected chi connectivity index (χ2v) is 5.43. The smallest absolute Gasteiger partial charge is 0.0704 e. The summed E-state index contributed by atoms with van der Waals surface area (Å²) in [6, 6.07) is 4.60. The summed E-state index contributed by atoms with van der Waals surface area (Å²) in [6.07, 6.45) is 0. The third-order valence-electron chi connectivity index (χ3n) is 3.85. The number of piperazine rings is 1. The molecule has 1 aliphatic heterocycles.